The number of anilines is 1. The summed E-state index contributed by atoms with van der Waals surface area (Å²) in [5.74, 6) is 0.483. The van der Waals surface area contributed by atoms with E-state index in [1.165, 1.54) is 19.3 Å². The van der Waals surface area contributed by atoms with Gasteiger partial charge in [-0.25, -0.2) is 4.79 Å². The van der Waals surface area contributed by atoms with Crippen molar-refractivity contribution < 1.29 is 9.90 Å². The smallest absolute Gasteiger partial charge is 0.319 e. The largest absolute Gasteiger partial charge is 0.396 e. The molecule has 0 bridgehead atoms. The molecular formula is C19H31N3O2. The second-order valence-corrected chi connectivity index (χ2v) is 7.05. The van der Waals surface area contributed by atoms with Crippen LogP contribution in [0.15, 0.2) is 24.3 Å². The number of rotatable bonds is 7. The van der Waals surface area contributed by atoms with Gasteiger partial charge in [0.1, 0.15) is 0 Å². The lowest BCUT2D eigenvalue weighted by molar-refractivity contribution is 0.202. The summed E-state index contributed by atoms with van der Waals surface area (Å²) in [6.45, 7) is 0.951. The molecule has 1 aromatic rings. The highest BCUT2D eigenvalue weighted by Crippen LogP contribution is 2.27. The van der Waals surface area contributed by atoms with Crippen molar-refractivity contribution in [2.45, 2.75) is 51.1 Å². The number of benzene rings is 1. The molecule has 0 radical (unpaired) electrons. The Hall–Kier alpha value is -1.59. The highest BCUT2D eigenvalue weighted by atomic mass is 16.3. The van der Waals surface area contributed by atoms with Gasteiger partial charge >= 0.3 is 6.03 Å². The first-order valence-electron chi connectivity index (χ1n) is 9.00. The predicted molar refractivity (Wildman–Crippen MR) is 98.1 cm³/mol. The zero-order valence-corrected chi connectivity index (χ0v) is 14.9. The van der Waals surface area contributed by atoms with E-state index in [9.17, 15) is 9.90 Å². The second-order valence-electron chi connectivity index (χ2n) is 7.05. The predicted octanol–water partition coefficient (Wildman–Crippen LogP) is 3.20. The molecule has 1 aliphatic carbocycles. The van der Waals surface area contributed by atoms with Crippen LogP contribution in [0.1, 0.15) is 44.1 Å². The van der Waals surface area contributed by atoms with Crippen molar-refractivity contribution in [1.29, 1.82) is 0 Å². The van der Waals surface area contributed by atoms with Crippen molar-refractivity contribution in [1.82, 2.24) is 10.2 Å². The molecule has 1 saturated carbocycles. The number of nitrogens with zero attached hydrogens (tertiary/aromatic N) is 1. The third kappa shape index (κ3) is 6.13. The van der Waals surface area contributed by atoms with Gasteiger partial charge in [0.15, 0.2) is 0 Å². The van der Waals surface area contributed by atoms with E-state index in [2.05, 4.69) is 21.6 Å². The van der Waals surface area contributed by atoms with Gasteiger partial charge in [-0.15, -0.1) is 0 Å². The maximum Gasteiger partial charge on any atom is 0.319 e. The van der Waals surface area contributed by atoms with Crippen molar-refractivity contribution in [3.63, 3.8) is 0 Å². The molecule has 1 atom stereocenters. The summed E-state index contributed by atoms with van der Waals surface area (Å²) in [6, 6.07) is 7.79. The topological polar surface area (TPSA) is 64.6 Å². The van der Waals surface area contributed by atoms with Crippen LogP contribution in [0.25, 0.3) is 0 Å². The summed E-state index contributed by atoms with van der Waals surface area (Å²) in [7, 11) is 4.05. The average Bonchev–Trinajstić information content (AvgIpc) is 2.55. The fourth-order valence-corrected chi connectivity index (χ4v) is 3.55. The monoisotopic (exact) mass is 333 g/mol. The molecule has 0 saturated heterocycles. The molecule has 3 N–H and O–H groups in total. The van der Waals surface area contributed by atoms with Crippen LogP contribution in [0.2, 0.25) is 0 Å². The lowest BCUT2D eigenvalue weighted by Gasteiger charge is -2.30. The number of aliphatic hydroxyl groups excluding tert-OH is 1. The Morgan fingerprint density at radius 3 is 2.71 bits per heavy atom. The molecule has 0 spiro atoms. The Bertz CT molecular complexity index is 513. The fraction of sp³-hybridized carbons (Fsp3) is 0.632. The van der Waals surface area contributed by atoms with Crippen LogP contribution in [-0.4, -0.2) is 42.8 Å². The molecule has 5 nitrogen and oxygen atoms in total. The van der Waals surface area contributed by atoms with E-state index in [4.69, 9.17) is 0 Å². The molecule has 1 unspecified atom stereocenters. The van der Waals surface area contributed by atoms with Gasteiger partial charge in [-0.1, -0.05) is 31.4 Å². The first-order chi connectivity index (χ1) is 11.6. The third-order valence-corrected chi connectivity index (χ3v) is 4.66. The van der Waals surface area contributed by atoms with Gasteiger partial charge in [0.2, 0.25) is 0 Å². The summed E-state index contributed by atoms with van der Waals surface area (Å²) in [5, 5.41) is 15.3. The highest BCUT2D eigenvalue weighted by molar-refractivity contribution is 5.89. The van der Waals surface area contributed by atoms with E-state index in [1.807, 2.05) is 32.3 Å². The standard InChI is InChI=1S/C19H31N3O2/c1-22(2)14-15-7-6-10-17(13-15)20-19(24)21-18(11-12-23)16-8-4-3-5-9-16/h6-7,10,13,16,18,23H,3-5,8-9,11-12,14H2,1-2H3,(H2,20,21,24). The SMILES string of the molecule is CN(C)Cc1cccc(NC(=O)NC(CCO)C2CCCCC2)c1. The Morgan fingerprint density at radius 2 is 2.04 bits per heavy atom. The van der Waals surface area contributed by atoms with E-state index in [1.54, 1.807) is 0 Å². The number of hydrogen-bond acceptors (Lipinski definition) is 3. The van der Waals surface area contributed by atoms with Crippen LogP contribution in [0.5, 0.6) is 0 Å². The molecule has 0 aromatic heterocycles. The zero-order chi connectivity index (χ0) is 17.4. The quantitative estimate of drug-likeness (QED) is 0.718. The van der Waals surface area contributed by atoms with Gasteiger partial charge in [-0.2, -0.15) is 0 Å². The molecule has 24 heavy (non-hydrogen) atoms. The number of hydrogen-bond donors (Lipinski definition) is 3. The minimum Gasteiger partial charge on any atom is -0.396 e. The molecular weight excluding hydrogens is 302 g/mol. The van der Waals surface area contributed by atoms with E-state index in [0.29, 0.717) is 12.3 Å². The summed E-state index contributed by atoms with van der Waals surface area (Å²) < 4.78 is 0. The fourth-order valence-electron chi connectivity index (χ4n) is 3.55. The molecule has 1 fully saturated rings. The van der Waals surface area contributed by atoms with Gasteiger partial charge in [-0.05, 0) is 57.0 Å². The Balaban J connectivity index is 1.92. The number of carbonyl (C=O) groups is 1. The Labute approximate surface area is 145 Å². The Kier molecular flexibility index (Phi) is 7.53. The number of nitrogens with one attached hydrogen (secondary N) is 2. The maximum atomic E-state index is 12.4. The molecule has 1 aromatic carbocycles. The van der Waals surface area contributed by atoms with Crippen LogP contribution in [0, 0.1) is 5.92 Å². The van der Waals surface area contributed by atoms with E-state index >= 15 is 0 Å². The third-order valence-electron chi connectivity index (χ3n) is 4.66. The lowest BCUT2D eigenvalue weighted by atomic mass is 9.83. The molecule has 134 valence electrons. The molecule has 2 rings (SSSR count). The van der Waals surface area contributed by atoms with Crippen LogP contribution >= 0.6 is 0 Å². The van der Waals surface area contributed by atoms with Crippen molar-refractivity contribution in [3.05, 3.63) is 29.8 Å². The summed E-state index contributed by atoms with van der Waals surface area (Å²) >= 11 is 0. The summed E-state index contributed by atoms with van der Waals surface area (Å²) in [6.07, 6.45) is 6.64. The van der Waals surface area contributed by atoms with Crippen molar-refractivity contribution in [3.8, 4) is 0 Å². The van der Waals surface area contributed by atoms with Crippen LogP contribution in [0.3, 0.4) is 0 Å². The van der Waals surface area contributed by atoms with E-state index < -0.39 is 0 Å². The van der Waals surface area contributed by atoms with Crippen LogP contribution < -0.4 is 10.6 Å². The molecule has 1 aliphatic rings. The minimum absolute atomic E-state index is 0.0558. The minimum atomic E-state index is -0.180. The van der Waals surface area contributed by atoms with Crippen molar-refractivity contribution in [2.24, 2.45) is 5.92 Å². The molecule has 0 heterocycles. The zero-order valence-electron chi connectivity index (χ0n) is 14.9. The molecule has 0 aliphatic heterocycles. The molecule has 2 amide bonds. The van der Waals surface area contributed by atoms with Gasteiger partial charge in [-0.3, -0.25) is 0 Å². The number of urea groups is 1. The first-order valence-corrected chi connectivity index (χ1v) is 9.00. The second kappa shape index (κ2) is 9.64. The number of aliphatic hydroxyl groups is 1. The highest BCUT2D eigenvalue weighted by Gasteiger charge is 2.24. The Morgan fingerprint density at radius 1 is 1.29 bits per heavy atom. The maximum absolute atomic E-state index is 12.4. The van der Waals surface area contributed by atoms with Gasteiger partial charge in [0.25, 0.3) is 0 Å². The van der Waals surface area contributed by atoms with E-state index in [0.717, 1.165) is 30.6 Å². The lowest BCUT2D eigenvalue weighted by Crippen LogP contribution is -2.43. The van der Waals surface area contributed by atoms with Gasteiger partial charge in [0.05, 0.1) is 0 Å². The van der Waals surface area contributed by atoms with Gasteiger partial charge in [0, 0.05) is 24.9 Å². The summed E-state index contributed by atoms with van der Waals surface area (Å²) in [5.41, 5.74) is 1.97. The van der Waals surface area contributed by atoms with Gasteiger partial charge < -0.3 is 20.6 Å². The average molecular weight is 333 g/mol. The van der Waals surface area contributed by atoms with Crippen LogP contribution in [-0.2, 0) is 6.54 Å². The molecule has 5 heteroatoms. The number of amides is 2. The number of carbonyl (C=O) groups excluding carboxylic acids is 1. The van der Waals surface area contributed by atoms with Crippen LogP contribution in [0.4, 0.5) is 10.5 Å². The van der Waals surface area contributed by atoms with Crippen molar-refractivity contribution in [2.75, 3.05) is 26.0 Å². The first kappa shape index (κ1) is 18.7. The van der Waals surface area contributed by atoms with Crippen molar-refractivity contribution >= 4 is 11.7 Å². The van der Waals surface area contributed by atoms with E-state index in [-0.39, 0.29) is 18.7 Å². The summed E-state index contributed by atoms with van der Waals surface area (Å²) in [4.78, 5) is 14.5. The normalized spacial score (nSPS) is 16.8.